The first-order valence-electron chi connectivity index (χ1n) is 4.88. The van der Waals surface area contributed by atoms with Crippen molar-refractivity contribution in [2.45, 2.75) is 13.0 Å². The molecule has 1 aliphatic heterocycles. The summed E-state index contributed by atoms with van der Waals surface area (Å²) < 4.78 is 9.99. The van der Waals surface area contributed by atoms with Crippen LogP contribution < -0.4 is 4.74 Å². The Morgan fingerprint density at radius 2 is 2.44 bits per heavy atom. The summed E-state index contributed by atoms with van der Waals surface area (Å²) in [5.74, 6) is 0.129. The Bertz CT molecular complexity index is 463. The van der Waals surface area contributed by atoms with Crippen LogP contribution in [0, 0.1) is 0 Å². The van der Waals surface area contributed by atoms with Crippen LogP contribution >= 0.6 is 0 Å². The molecule has 0 amide bonds. The average molecular weight is 220 g/mol. The molecule has 1 aliphatic rings. The zero-order chi connectivity index (χ0) is 11.7. The number of hydrogen-bond donors (Lipinski definition) is 1. The number of phenolic OH excluding ortho intramolecular Hbond substituents is 1. The minimum atomic E-state index is -0.422. The molecule has 0 atom stereocenters. The number of benzene rings is 1. The molecule has 1 aromatic rings. The van der Waals surface area contributed by atoms with Gasteiger partial charge in [-0.15, -0.1) is 6.58 Å². The van der Waals surface area contributed by atoms with E-state index in [1.165, 1.54) is 7.11 Å². The first-order valence-corrected chi connectivity index (χ1v) is 4.88. The largest absolute Gasteiger partial charge is 0.507 e. The zero-order valence-corrected chi connectivity index (χ0v) is 8.95. The highest BCUT2D eigenvalue weighted by molar-refractivity contribution is 5.95. The third-order valence-corrected chi connectivity index (χ3v) is 2.61. The van der Waals surface area contributed by atoms with E-state index in [1.807, 2.05) is 0 Å². The lowest BCUT2D eigenvalue weighted by Crippen LogP contribution is -1.98. The van der Waals surface area contributed by atoms with Gasteiger partial charge in [-0.3, -0.25) is 0 Å². The van der Waals surface area contributed by atoms with Crippen LogP contribution in [0.1, 0.15) is 21.5 Å². The van der Waals surface area contributed by atoms with Crippen LogP contribution in [0.5, 0.6) is 11.5 Å². The van der Waals surface area contributed by atoms with Crippen LogP contribution in [0.2, 0.25) is 0 Å². The quantitative estimate of drug-likeness (QED) is 0.623. The lowest BCUT2D eigenvalue weighted by molar-refractivity contribution is 0.0534. The number of allylic oxidation sites excluding steroid dienone is 1. The van der Waals surface area contributed by atoms with E-state index in [-0.39, 0.29) is 12.4 Å². The summed E-state index contributed by atoms with van der Waals surface area (Å²) in [5, 5.41) is 10.0. The highest BCUT2D eigenvalue weighted by Crippen LogP contribution is 2.38. The van der Waals surface area contributed by atoms with Crippen molar-refractivity contribution >= 4 is 5.97 Å². The van der Waals surface area contributed by atoms with Crippen molar-refractivity contribution in [1.29, 1.82) is 0 Å². The number of carbonyl (C=O) groups is 1. The molecule has 16 heavy (non-hydrogen) atoms. The van der Waals surface area contributed by atoms with Crippen molar-refractivity contribution in [3.8, 4) is 11.5 Å². The Morgan fingerprint density at radius 3 is 3.06 bits per heavy atom. The second-order valence-electron chi connectivity index (χ2n) is 3.50. The maximum Gasteiger partial charge on any atom is 0.339 e. The van der Waals surface area contributed by atoms with Gasteiger partial charge in [-0.2, -0.15) is 0 Å². The van der Waals surface area contributed by atoms with Gasteiger partial charge >= 0.3 is 5.97 Å². The molecular formula is C12H12O4. The SMILES string of the molecule is C=CCc1c(OC)cc2c(c1O)COC2=O. The molecule has 4 heteroatoms. The molecule has 1 aromatic carbocycles. The van der Waals surface area contributed by atoms with Gasteiger partial charge in [0, 0.05) is 11.1 Å². The number of fused-ring (bicyclic) bond motifs is 1. The highest BCUT2D eigenvalue weighted by atomic mass is 16.5. The predicted molar refractivity (Wildman–Crippen MR) is 57.7 cm³/mol. The van der Waals surface area contributed by atoms with Gasteiger partial charge < -0.3 is 14.6 Å². The van der Waals surface area contributed by atoms with Gasteiger partial charge in [-0.1, -0.05) is 6.08 Å². The van der Waals surface area contributed by atoms with Crippen molar-refractivity contribution in [2.24, 2.45) is 0 Å². The molecule has 0 radical (unpaired) electrons. The summed E-state index contributed by atoms with van der Waals surface area (Å²) in [4.78, 5) is 11.3. The molecule has 0 bridgehead atoms. The predicted octanol–water partition coefficient (Wildman–Crippen LogP) is 1.80. The van der Waals surface area contributed by atoms with Gasteiger partial charge in [-0.25, -0.2) is 4.79 Å². The Morgan fingerprint density at radius 1 is 1.69 bits per heavy atom. The van der Waals surface area contributed by atoms with E-state index >= 15 is 0 Å². The highest BCUT2D eigenvalue weighted by Gasteiger charge is 2.28. The monoisotopic (exact) mass is 220 g/mol. The first kappa shape index (κ1) is 10.5. The molecule has 1 N–H and O–H groups in total. The Hall–Kier alpha value is -1.97. The summed E-state index contributed by atoms with van der Waals surface area (Å²) in [5.41, 5.74) is 1.54. The number of esters is 1. The topological polar surface area (TPSA) is 55.8 Å². The molecular weight excluding hydrogens is 208 g/mol. The van der Waals surface area contributed by atoms with E-state index in [4.69, 9.17) is 9.47 Å². The number of aromatic hydroxyl groups is 1. The van der Waals surface area contributed by atoms with E-state index < -0.39 is 5.97 Å². The molecule has 0 saturated carbocycles. The molecule has 0 fully saturated rings. The molecule has 84 valence electrons. The minimum absolute atomic E-state index is 0.0695. The number of phenols is 1. The molecule has 0 aromatic heterocycles. The lowest BCUT2D eigenvalue weighted by atomic mass is 10.0. The average Bonchev–Trinajstić information content (AvgIpc) is 2.64. The van der Waals surface area contributed by atoms with Crippen LogP contribution in [0.15, 0.2) is 18.7 Å². The summed E-state index contributed by atoms with van der Waals surface area (Å²) in [7, 11) is 1.49. The zero-order valence-electron chi connectivity index (χ0n) is 8.95. The van der Waals surface area contributed by atoms with Crippen LogP contribution in [0.4, 0.5) is 0 Å². The molecule has 0 unspecified atom stereocenters. The number of carbonyl (C=O) groups excluding carboxylic acids is 1. The fourth-order valence-corrected chi connectivity index (χ4v) is 1.80. The molecule has 1 heterocycles. The first-order chi connectivity index (χ1) is 7.69. The summed E-state index contributed by atoms with van der Waals surface area (Å²) >= 11 is 0. The summed E-state index contributed by atoms with van der Waals surface area (Å²) in [6, 6.07) is 1.60. The molecule has 4 nitrogen and oxygen atoms in total. The number of methoxy groups -OCH3 is 1. The second-order valence-corrected chi connectivity index (χ2v) is 3.50. The fraction of sp³-hybridized carbons (Fsp3) is 0.250. The maximum absolute atomic E-state index is 11.3. The number of ether oxygens (including phenoxy) is 2. The second kappa shape index (κ2) is 3.89. The van der Waals surface area contributed by atoms with Crippen molar-refractivity contribution in [3.05, 3.63) is 35.4 Å². The van der Waals surface area contributed by atoms with Crippen molar-refractivity contribution in [3.63, 3.8) is 0 Å². The maximum atomic E-state index is 11.3. The third-order valence-electron chi connectivity index (χ3n) is 2.61. The standard InChI is InChI=1S/C12H12O4/c1-3-4-7-10(15-2)5-8-9(11(7)13)6-16-12(8)14/h3,5,13H,1,4,6H2,2H3. The van der Waals surface area contributed by atoms with Crippen LogP contribution in [-0.4, -0.2) is 18.2 Å². The number of cyclic esters (lactones) is 1. The molecule has 0 spiro atoms. The third kappa shape index (κ3) is 1.43. The number of hydrogen-bond acceptors (Lipinski definition) is 4. The summed E-state index contributed by atoms with van der Waals surface area (Å²) in [6.45, 7) is 3.74. The van der Waals surface area contributed by atoms with E-state index in [0.717, 1.165) is 0 Å². The van der Waals surface area contributed by atoms with Gasteiger partial charge in [0.25, 0.3) is 0 Å². The Kier molecular flexibility index (Phi) is 2.56. The van der Waals surface area contributed by atoms with Crippen molar-refractivity contribution in [2.75, 3.05) is 7.11 Å². The van der Waals surface area contributed by atoms with Crippen molar-refractivity contribution in [1.82, 2.24) is 0 Å². The Balaban J connectivity index is 2.63. The molecule has 0 aliphatic carbocycles. The van der Waals surface area contributed by atoms with Gasteiger partial charge in [0.05, 0.1) is 12.7 Å². The van der Waals surface area contributed by atoms with Gasteiger partial charge in [0.2, 0.25) is 0 Å². The van der Waals surface area contributed by atoms with Crippen molar-refractivity contribution < 1.29 is 19.4 Å². The van der Waals surface area contributed by atoms with Crippen LogP contribution in [0.25, 0.3) is 0 Å². The van der Waals surface area contributed by atoms with E-state index in [2.05, 4.69) is 6.58 Å². The molecule has 0 saturated heterocycles. The smallest absolute Gasteiger partial charge is 0.339 e. The normalized spacial score (nSPS) is 13.2. The van der Waals surface area contributed by atoms with E-state index in [0.29, 0.717) is 28.9 Å². The lowest BCUT2D eigenvalue weighted by Gasteiger charge is -2.11. The van der Waals surface area contributed by atoms with Crippen LogP contribution in [0.3, 0.4) is 0 Å². The van der Waals surface area contributed by atoms with E-state index in [1.54, 1.807) is 12.1 Å². The minimum Gasteiger partial charge on any atom is -0.507 e. The fourth-order valence-electron chi connectivity index (χ4n) is 1.80. The van der Waals surface area contributed by atoms with Gasteiger partial charge in [-0.05, 0) is 12.5 Å². The van der Waals surface area contributed by atoms with Gasteiger partial charge in [0.1, 0.15) is 18.1 Å². The van der Waals surface area contributed by atoms with E-state index in [9.17, 15) is 9.90 Å². The Labute approximate surface area is 93.1 Å². The number of rotatable bonds is 3. The molecule has 2 rings (SSSR count). The van der Waals surface area contributed by atoms with Gasteiger partial charge in [0.15, 0.2) is 0 Å². The summed E-state index contributed by atoms with van der Waals surface area (Å²) in [6.07, 6.45) is 2.15. The van der Waals surface area contributed by atoms with Crippen LogP contribution in [-0.2, 0) is 17.8 Å².